The average molecular weight is 357 g/mol. The molecule has 2 heterocycles. The van der Waals surface area contributed by atoms with E-state index >= 15 is 0 Å². The number of anilines is 1. The maximum atomic E-state index is 13.6. The summed E-state index contributed by atoms with van der Waals surface area (Å²) >= 11 is 0. The van der Waals surface area contributed by atoms with Crippen molar-refractivity contribution in [3.8, 4) is 6.07 Å². The van der Waals surface area contributed by atoms with Gasteiger partial charge >= 0.3 is 0 Å². The van der Waals surface area contributed by atoms with Gasteiger partial charge in [-0.2, -0.15) is 5.26 Å². The zero-order chi connectivity index (χ0) is 18.5. The van der Waals surface area contributed by atoms with Crippen molar-refractivity contribution in [2.45, 2.75) is 12.8 Å². The molecule has 0 bridgehead atoms. The molecule has 0 spiro atoms. The molecular formula is C18H17F2N5O. The predicted octanol–water partition coefficient (Wildman–Crippen LogP) is 2.27. The van der Waals surface area contributed by atoms with Crippen LogP contribution in [0.3, 0.4) is 0 Å². The van der Waals surface area contributed by atoms with Crippen molar-refractivity contribution in [2.75, 3.05) is 24.5 Å². The number of nitrogens with zero attached hydrogens (tertiary/aromatic N) is 4. The molecule has 0 unspecified atom stereocenters. The van der Waals surface area contributed by atoms with Crippen LogP contribution in [0.15, 0.2) is 30.6 Å². The molecule has 0 atom stereocenters. The van der Waals surface area contributed by atoms with E-state index in [1.165, 1.54) is 12.3 Å². The van der Waals surface area contributed by atoms with Crippen LogP contribution in [0.4, 0.5) is 14.6 Å². The summed E-state index contributed by atoms with van der Waals surface area (Å²) in [5.41, 5.74) is -0.266. The third kappa shape index (κ3) is 3.77. The smallest absolute Gasteiger partial charge is 0.257 e. The lowest BCUT2D eigenvalue weighted by atomic mass is 9.96. The van der Waals surface area contributed by atoms with E-state index in [1.54, 1.807) is 6.20 Å². The van der Waals surface area contributed by atoms with Gasteiger partial charge in [-0.25, -0.2) is 18.7 Å². The highest BCUT2D eigenvalue weighted by Crippen LogP contribution is 2.23. The van der Waals surface area contributed by atoms with Crippen LogP contribution in [0.1, 0.15) is 28.9 Å². The number of carbonyl (C=O) groups excluding carboxylic acids is 1. The maximum absolute atomic E-state index is 13.6. The standard InChI is InChI=1S/C18H17F2N5O/c19-13-2-1-3-14(20)16(13)18(26)24-11-12-4-8-25(9-5-12)17-15(10-21)22-6-7-23-17/h1-3,6-7,12H,4-5,8-9,11H2,(H,24,26). The van der Waals surface area contributed by atoms with Crippen LogP contribution in [0.5, 0.6) is 0 Å². The van der Waals surface area contributed by atoms with E-state index in [2.05, 4.69) is 15.3 Å². The third-order valence-corrected chi connectivity index (χ3v) is 4.44. The first-order valence-electron chi connectivity index (χ1n) is 8.28. The number of aromatic nitrogens is 2. The second-order valence-corrected chi connectivity index (χ2v) is 6.08. The van der Waals surface area contributed by atoms with Gasteiger partial charge in [-0.05, 0) is 30.9 Å². The van der Waals surface area contributed by atoms with E-state index in [9.17, 15) is 13.6 Å². The van der Waals surface area contributed by atoms with E-state index in [0.717, 1.165) is 25.0 Å². The summed E-state index contributed by atoms with van der Waals surface area (Å²) in [6, 6.07) is 5.37. The number of benzene rings is 1. The fourth-order valence-corrected chi connectivity index (χ4v) is 3.03. The van der Waals surface area contributed by atoms with Crippen molar-refractivity contribution < 1.29 is 13.6 Å². The molecule has 3 rings (SSSR count). The number of hydrogen-bond donors (Lipinski definition) is 1. The van der Waals surface area contributed by atoms with Crippen molar-refractivity contribution in [2.24, 2.45) is 5.92 Å². The lowest BCUT2D eigenvalue weighted by Gasteiger charge is -2.32. The van der Waals surface area contributed by atoms with Crippen LogP contribution in [-0.2, 0) is 0 Å². The Morgan fingerprint density at radius 3 is 2.54 bits per heavy atom. The average Bonchev–Trinajstić information content (AvgIpc) is 2.66. The van der Waals surface area contributed by atoms with E-state index in [1.807, 2.05) is 11.0 Å². The Hall–Kier alpha value is -3.08. The minimum Gasteiger partial charge on any atom is -0.354 e. The number of nitriles is 1. The maximum Gasteiger partial charge on any atom is 0.257 e. The lowest BCUT2D eigenvalue weighted by molar-refractivity contribution is 0.0936. The molecule has 0 saturated carbocycles. The van der Waals surface area contributed by atoms with E-state index in [0.29, 0.717) is 25.5 Å². The zero-order valence-electron chi connectivity index (χ0n) is 14.0. The first-order valence-corrected chi connectivity index (χ1v) is 8.28. The van der Waals surface area contributed by atoms with Crippen molar-refractivity contribution in [1.29, 1.82) is 5.26 Å². The fraction of sp³-hybridized carbons (Fsp3) is 0.333. The molecule has 0 radical (unpaired) electrons. The molecule has 6 nitrogen and oxygen atoms in total. The topological polar surface area (TPSA) is 81.9 Å². The summed E-state index contributed by atoms with van der Waals surface area (Å²) < 4.78 is 27.3. The third-order valence-electron chi connectivity index (χ3n) is 4.44. The van der Waals surface area contributed by atoms with Gasteiger partial charge in [0.05, 0.1) is 0 Å². The molecule has 1 amide bonds. The number of nitrogens with one attached hydrogen (secondary N) is 1. The van der Waals surface area contributed by atoms with Crippen molar-refractivity contribution in [3.05, 3.63) is 53.5 Å². The molecule has 26 heavy (non-hydrogen) atoms. The highest BCUT2D eigenvalue weighted by molar-refractivity contribution is 5.94. The van der Waals surface area contributed by atoms with Gasteiger partial charge in [0, 0.05) is 32.0 Å². The van der Waals surface area contributed by atoms with E-state index in [4.69, 9.17) is 5.26 Å². The summed E-state index contributed by atoms with van der Waals surface area (Å²) in [7, 11) is 0. The molecule has 134 valence electrons. The molecule has 1 aromatic carbocycles. The summed E-state index contributed by atoms with van der Waals surface area (Å²) in [5, 5.41) is 11.7. The van der Waals surface area contributed by atoms with Crippen LogP contribution in [0.25, 0.3) is 0 Å². The molecule has 1 N–H and O–H groups in total. The first-order chi connectivity index (χ1) is 12.6. The van der Waals surface area contributed by atoms with Gasteiger partial charge in [-0.15, -0.1) is 0 Å². The Morgan fingerprint density at radius 2 is 1.88 bits per heavy atom. The molecule has 0 aliphatic carbocycles. The molecule has 1 saturated heterocycles. The first kappa shape index (κ1) is 17.7. The molecule has 2 aromatic rings. The summed E-state index contributed by atoms with van der Waals surface area (Å²) in [6.45, 7) is 1.68. The minimum atomic E-state index is -0.871. The van der Waals surface area contributed by atoms with Crippen LogP contribution in [0.2, 0.25) is 0 Å². The van der Waals surface area contributed by atoms with Crippen LogP contribution >= 0.6 is 0 Å². The number of carbonyl (C=O) groups is 1. The van der Waals surface area contributed by atoms with Gasteiger partial charge in [0.15, 0.2) is 11.5 Å². The second-order valence-electron chi connectivity index (χ2n) is 6.08. The Balaban J connectivity index is 1.55. The number of piperidine rings is 1. The van der Waals surface area contributed by atoms with Gasteiger partial charge < -0.3 is 10.2 Å². The number of halogens is 2. The molecule has 1 aromatic heterocycles. The molecular weight excluding hydrogens is 340 g/mol. The quantitative estimate of drug-likeness (QED) is 0.908. The Labute approximate surface area is 149 Å². The molecule has 1 aliphatic heterocycles. The molecule has 8 heteroatoms. The Morgan fingerprint density at radius 1 is 1.23 bits per heavy atom. The van der Waals surface area contributed by atoms with E-state index in [-0.39, 0.29) is 11.6 Å². The van der Waals surface area contributed by atoms with Gasteiger partial charge in [-0.1, -0.05) is 6.07 Å². The Kier molecular flexibility index (Phi) is 5.37. The van der Waals surface area contributed by atoms with Crippen molar-refractivity contribution in [1.82, 2.24) is 15.3 Å². The van der Waals surface area contributed by atoms with Gasteiger partial charge in [0.1, 0.15) is 23.3 Å². The van der Waals surface area contributed by atoms with Gasteiger partial charge in [0.25, 0.3) is 5.91 Å². The number of rotatable bonds is 4. The van der Waals surface area contributed by atoms with Crippen molar-refractivity contribution in [3.63, 3.8) is 0 Å². The summed E-state index contributed by atoms with van der Waals surface area (Å²) in [4.78, 5) is 22.3. The van der Waals surface area contributed by atoms with Gasteiger partial charge in [-0.3, -0.25) is 4.79 Å². The predicted molar refractivity (Wildman–Crippen MR) is 90.4 cm³/mol. The normalized spacial score (nSPS) is 14.7. The Bertz CT molecular complexity index is 823. The minimum absolute atomic E-state index is 0.187. The highest BCUT2D eigenvalue weighted by Gasteiger charge is 2.24. The summed E-state index contributed by atoms with van der Waals surface area (Å²) in [6.07, 6.45) is 4.56. The number of hydrogen-bond acceptors (Lipinski definition) is 5. The van der Waals surface area contributed by atoms with E-state index < -0.39 is 23.1 Å². The van der Waals surface area contributed by atoms with Crippen LogP contribution < -0.4 is 10.2 Å². The fourth-order valence-electron chi connectivity index (χ4n) is 3.03. The highest BCUT2D eigenvalue weighted by atomic mass is 19.1. The molecule has 1 fully saturated rings. The lowest BCUT2D eigenvalue weighted by Crippen LogP contribution is -2.39. The molecule has 1 aliphatic rings. The SMILES string of the molecule is N#Cc1nccnc1N1CCC(CNC(=O)c2c(F)cccc2F)CC1. The largest absolute Gasteiger partial charge is 0.354 e. The van der Waals surface area contributed by atoms with Crippen molar-refractivity contribution >= 4 is 11.7 Å². The van der Waals surface area contributed by atoms with Crippen LogP contribution in [0, 0.1) is 28.9 Å². The zero-order valence-corrected chi connectivity index (χ0v) is 14.0. The number of amides is 1. The van der Waals surface area contributed by atoms with Crippen LogP contribution in [-0.4, -0.2) is 35.5 Å². The second kappa shape index (κ2) is 7.87. The van der Waals surface area contributed by atoms with Gasteiger partial charge in [0.2, 0.25) is 0 Å². The monoisotopic (exact) mass is 357 g/mol. The summed E-state index contributed by atoms with van der Waals surface area (Å²) in [5.74, 6) is -1.74.